The van der Waals surface area contributed by atoms with Gasteiger partial charge in [-0.15, -0.1) is 0 Å². The van der Waals surface area contributed by atoms with Gasteiger partial charge in [-0.25, -0.2) is 4.98 Å². The summed E-state index contributed by atoms with van der Waals surface area (Å²) < 4.78 is 5.71. The molecule has 2 aromatic heterocycles. The summed E-state index contributed by atoms with van der Waals surface area (Å²) in [6.07, 6.45) is 0. The largest absolute Gasteiger partial charge is 0.454 e. The Morgan fingerprint density at radius 1 is 1.29 bits per heavy atom. The molecule has 0 radical (unpaired) electrons. The zero-order chi connectivity index (χ0) is 14.8. The maximum atomic E-state index is 11.0. The van der Waals surface area contributed by atoms with E-state index < -0.39 is 4.92 Å². The second kappa shape index (κ2) is 5.24. The summed E-state index contributed by atoms with van der Waals surface area (Å²) in [7, 11) is 0. The number of nitrogens with one attached hydrogen (secondary N) is 1. The first-order chi connectivity index (χ1) is 10.2. The van der Waals surface area contributed by atoms with Gasteiger partial charge in [0.25, 0.3) is 5.69 Å². The molecule has 3 aromatic rings. The second-order valence-corrected chi connectivity index (χ2v) is 4.53. The van der Waals surface area contributed by atoms with Crippen LogP contribution in [0.5, 0.6) is 0 Å². The third-order valence-electron chi connectivity index (χ3n) is 3.06. The molecule has 2 heterocycles. The molecule has 0 unspecified atom stereocenters. The van der Waals surface area contributed by atoms with Crippen molar-refractivity contribution in [2.45, 2.75) is 6.92 Å². The average Bonchev–Trinajstić information content (AvgIpc) is 2.91. The summed E-state index contributed by atoms with van der Waals surface area (Å²) in [6.45, 7) is 2.54. The highest BCUT2D eigenvalue weighted by molar-refractivity contribution is 5.82. The molecule has 1 aromatic carbocycles. The third-order valence-corrected chi connectivity index (χ3v) is 3.06. The summed E-state index contributed by atoms with van der Waals surface area (Å²) in [5.74, 6) is 0.973. The number of nitro groups is 1. The number of anilines is 1. The molecule has 1 N–H and O–H groups in total. The number of para-hydroxylation sites is 1. The van der Waals surface area contributed by atoms with Crippen molar-refractivity contribution in [1.82, 2.24) is 4.98 Å². The smallest absolute Gasteiger partial charge is 0.275 e. The Balaban J connectivity index is 2.13. The molecule has 0 atom stereocenters. The van der Waals surface area contributed by atoms with Crippen LogP contribution in [-0.2, 0) is 0 Å². The van der Waals surface area contributed by atoms with E-state index in [2.05, 4.69) is 10.3 Å². The van der Waals surface area contributed by atoms with Gasteiger partial charge in [-0.3, -0.25) is 10.1 Å². The van der Waals surface area contributed by atoms with Crippen molar-refractivity contribution in [2.24, 2.45) is 0 Å². The Labute approximate surface area is 120 Å². The molecule has 21 heavy (non-hydrogen) atoms. The van der Waals surface area contributed by atoms with E-state index >= 15 is 0 Å². The van der Waals surface area contributed by atoms with Crippen LogP contribution in [0.2, 0.25) is 0 Å². The van der Waals surface area contributed by atoms with Gasteiger partial charge in [0.2, 0.25) is 0 Å². The van der Waals surface area contributed by atoms with E-state index in [0.29, 0.717) is 23.8 Å². The monoisotopic (exact) mass is 283 g/mol. The van der Waals surface area contributed by atoms with Crippen LogP contribution in [0, 0.1) is 10.1 Å². The number of rotatable bonds is 4. The standard InChI is InChI=1S/C15H13N3O3/c1-2-16-15-9-11(18(19)20)8-12(17-15)14-7-10-5-3-4-6-13(10)21-14/h3-9H,2H2,1H3,(H,16,17). The third kappa shape index (κ3) is 2.55. The number of benzene rings is 1. The minimum absolute atomic E-state index is 0.0172. The molecule has 0 fully saturated rings. The number of fused-ring (bicyclic) bond motifs is 1. The fourth-order valence-corrected chi connectivity index (χ4v) is 2.13. The van der Waals surface area contributed by atoms with Crippen molar-refractivity contribution in [2.75, 3.05) is 11.9 Å². The highest BCUT2D eigenvalue weighted by Crippen LogP contribution is 2.30. The highest BCUT2D eigenvalue weighted by atomic mass is 16.6. The summed E-state index contributed by atoms with van der Waals surface area (Å²) in [6, 6.07) is 12.2. The first-order valence-electron chi connectivity index (χ1n) is 6.56. The summed E-state index contributed by atoms with van der Waals surface area (Å²) in [5.41, 5.74) is 1.15. The number of hydrogen-bond donors (Lipinski definition) is 1. The van der Waals surface area contributed by atoms with Crippen molar-refractivity contribution in [1.29, 1.82) is 0 Å². The normalized spacial score (nSPS) is 10.7. The Hall–Kier alpha value is -2.89. The molecule has 6 heteroatoms. The van der Waals surface area contributed by atoms with Crippen molar-refractivity contribution in [3.05, 3.63) is 52.6 Å². The van der Waals surface area contributed by atoms with Crippen LogP contribution in [0.1, 0.15) is 6.92 Å². The molecule has 0 aliphatic rings. The SMILES string of the molecule is CCNc1cc([N+](=O)[O-])cc(-c2cc3ccccc3o2)n1. The number of hydrogen-bond acceptors (Lipinski definition) is 5. The highest BCUT2D eigenvalue weighted by Gasteiger charge is 2.15. The summed E-state index contributed by atoms with van der Waals surface area (Å²) >= 11 is 0. The lowest BCUT2D eigenvalue weighted by Crippen LogP contribution is -2.01. The maximum absolute atomic E-state index is 11.0. The number of nitrogens with zero attached hydrogens (tertiary/aromatic N) is 2. The number of furan rings is 1. The topological polar surface area (TPSA) is 81.2 Å². The quantitative estimate of drug-likeness (QED) is 0.581. The van der Waals surface area contributed by atoms with Crippen LogP contribution in [0.25, 0.3) is 22.4 Å². The van der Waals surface area contributed by atoms with Gasteiger partial charge in [-0.2, -0.15) is 0 Å². The number of aromatic nitrogens is 1. The Kier molecular flexibility index (Phi) is 3.27. The molecule has 0 aliphatic heterocycles. The minimum Gasteiger partial charge on any atom is -0.454 e. The van der Waals surface area contributed by atoms with E-state index in [1.54, 1.807) is 0 Å². The molecular weight excluding hydrogens is 270 g/mol. The lowest BCUT2D eigenvalue weighted by Gasteiger charge is -2.04. The molecule has 0 spiro atoms. The number of pyridine rings is 1. The molecular formula is C15H13N3O3. The Morgan fingerprint density at radius 2 is 2.10 bits per heavy atom. The minimum atomic E-state index is -0.436. The average molecular weight is 283 g/mol. The molecule has 6 nitrogen and oxygen atoms in total. The first kappa shape index (κ1) is 13.1. The van der Waals surface area contributed by atoms with Gasteiger partial charge in [0.05, 0.1) is 11.0 Å². The van der Waals surface area contributed by atoms with E-state index in [9.17, 15) is 10.1 Å². The van der Waals surface area contributed by atoms with Crippen LogP contribution in [0.15, 0.2) is 46.9 Å². The van der Waals surface area contributed by atoms with Gasteiger partial charge in [0.1, 0.15) is 17.1 Å². The lowest BCUT2D eigenvalue weighted by molar-refractivity contribution is -0.384. The predicted octanol–water partition coefficient (Wildman–Crippen LogP) is 3.83. The molecule has 0 bridgehead atoms. The fourth-order valence-electron chi connectivity index (χ4n) is 2.13. The molecule has 0 saturated carbocycles. The molecule has 0 saturated heterocycles. The molecule has 0 aliphatic carbocycles. The van der Waals surface area contributed by atoms with Gasteiger partial charge < -0.3 is 9.73 Å². The van der Waals surface area contributed by atoms with Crippen LogP contribution in [-0.4, -0.2) is 16.5 Å². The van der Waals surface area contributed by atoms with Gasteiger partial charge in [0.15, 0.2) is 5.76 Å². The van der Waals surface area contributed by atoms with Crippen LogP contribution < -0.4 is 5.32 Å². The maximum Gasteiger partial charge on any atom is 0.275 e. The summed E-state index contributed by atoms with van der Waals surface area (Å²) in [5, 5.41) is 15.0. The van der Waals surface area contributed by atoms with Crippen molar-refractivity contribution >= 4 is 22.5 Å². The van der Waals surface area contributed by atoms with E-state index in [1.807, 2.05) is 37.3 Å². The van der Waals surface area contributed by atoms with Gasteiger partial charge in [-0.1, -0.05) is 18.2 Å². The lowest BCUT2D eigenvalue weighted by atomic mass is 10.2. The first-order valence-corrected chi connectivity index (χ1v) is 6.56. The second-order valence-electron chi connectivity index (χ2n) is 4.53. The van der Waals surface area contributed by atoms with Crippen molar-refractivity contribution < 1.29 is 9.34 Å². The summed E-state index contributed by atoms with van der Waals surface area (Å²) in [4.78, 5) is 15.0. The predicted molar refractivity (Wildman–Crippen MR) is 80.3 cm³/mol. The van der Waals surface area contributed by atoms with E-state index in [0.717, 1.165) is 11.0 Å². The van der Waals surface area contributed by atoms with Gasteiger partial charge in [0, 0.05) is 18.0 Å². The van der Waals surface area contributed by atoms with Crippen LogP contribution in [0.4, 0.5) is 11.5 Å². The van der Waals surface area contributed by atoms with E-state index in [-0.39, 0.29) is 5.69 Å². The van der Waals surface area contributed by atoms with Crippen LogP contribution in [0.3, 0.4) is 0 Å². The van der Waals surface area contributed by atoms with Crippen molar-refractivity contribution in [3.63, 3.8) is 0 Å². The molecule has 3 rings (SSSR count). The zero-order valence-electron chi connectivity index (χ0n) is 11.4. The Morgan fingerprint density at radius 3 is 2.81 bits per heavy atom. The zero-order valence-corrected chi connectivity index (χ0v) is 11.4. The van der Waals surface area contributed by atoms with Crippen LogP contribution >= 0.6 is 0 Å². The molecule has 106 valence electrons. The fraction of sp³-hybridized carbons (Fsp3) is 0.133. The van der Waals surface area contributed by atoms with E-state index in [1.165, 1.54) is 12.1 Å². The van der Waals surface area contributed by atoms with E-state index in [4.69, 9.17) is 4.42 Å². The Bertz CT molecular complexity index is 778. The molecule has 0 amide bonds. The van der Waals surface area contributed by atoms with Crippen molar-refractivity contribution in [3.8, 4) is 11.5 Å². The van der Waals surface area contributed by atoms with Gasteiger partial charge >= 0.3 is 0 Å². The van der Waals surface area contributed by atoms with Gasteiger partial charge in [-0.05, 0) is 19.1 Å².